The lowest BCUT2D eigenvalue weighted by Gasteiger charge is -2.24. The molecule has 2 rings (SSSR count). The second kappa shape index (κ2) is 7.66. The van der Waals surface area contributed by atoms with E-state index in [1.807, 2.05) is 27.9 Å². The minimum Gasteiger partial charge on any atom is -0.346 e. The lowest BCUT2D eigenvalue weighted by atomic mass is 9.86. The maximum Gasteiger partial charge on any atom is 0.313 e. The zero-order valence-electron chi connectivity index (χ0n) is 15.3. The van der Waals surface area contributed by atoms with Gasteiger partial charge in [-0.25, -0.2) is 0 Å². The van der Waals surface area contributed by atoms with Crippen LogP contribution in [0.5, 0.6) is 0 Å². The average molecular weight is 342 g/mol. The molecule has 0 saturated heterocycles. The van der Waals surface area contributed by atoms with Gasteiger partial charge in [0, 0.05) is 18.3 Å². The summed E-state index contributed by atoms with van der Waals surface area (Å²) in [6.45, 7) is 4.13. The third kappa shape index (κ3) is 5.04. The van der Waals surface area contributed by atoms with Crippen molar-refractivity contribution in [2.24, 2.45) is 5.92 Å². The van der Waals surface area contributed by atoms with Gasteiger partial charge in [0.05, 0.1) is 11.5 Å². The Morgan fingerprint density at radius 1 is 1.24 bits per heavy atom. The van der Waals surface area contributed by atoms with Gasteiger partial charge in [-0.15, -0.1) is 0 Å². The number of nitriles is 1. The molecule has 6 nitrogen and oxygen atoms in total. The van der Waals surface area contributed by atoms with Crippen LogP contribution < -0.4 is 10.6 Å². The molecule has 25 heavy (non-hydrogen) atoms. The molecule has 1 fully saturated rings. The maximum absolute atomic E-state index is 12.0. The minimum atomic E-state index is -0.680. The van der Waals surface area contributed by atoms with Gasteiger partial charge in [-0.1, -0.05) is 12.1 Å². The number of nitrogens with one attached hydrogen (secondary N) is 2. The number of hydrogen-bond donors (Lipinski definition) is 2. The number of nitrogens with zero attached hydrogens (tertiary/aromatic N) is 2. The van der Waals surface area contributed by atoms with Gasteiger partial charge in [0.2, 0.25) is 0 Å². The summed E-state index contributed by atoms with van der Waals surface area (Å²) in [4.78, 5) is 26.1. The topological polar surface area (TPSA) is 85.2 Å². The van der Waals surface area contributed by atoms with Crippen molar-refractivity contribution in [1.82, 2.24) is 10.2 Å². The number of carbonyl (C=O) groups is 2. The fraction of sp³-hybridized carbons (Fsp3) is 0.526. The normalized spacial score (nSPS) is 15.4. The summed E-state index contributed by atoms with van der Waals surface area (Å²) in [7, 11) is 3.97. The first kappa shape index (κ1) is 18.9. The molecule has 0 spiro atoms. The largest absolute Gasteiger partial charge is 0.346 e. The minimum absolute atomic E-state index is 0.268. The standard InChI is InChI=1S/C19H26N4O2/c1-19(2,12-20)14-7-9-15(10-8-14)22-18(25)17(24)21-11-16(23(3)4)13-5-6-13/h7-10,13,16H,5-6,11H2,1-4H3,(H,21,24)(H,22,25)/t16-/m0/s1. The maximum atomic E-state index is 12.0. The van der Waals surface area contributed by atoms with Gasteiger partial charge in [-0.05, 0) is 64.4 Å². The molecule has 0 aromatic heterocycles. The molecular formula is C19H26N4O2. The van der Waals surface area contributed by atoms with E-state index in [1.165, 1.54) is 12.8 Å². The lowest BCUT2D eigenvalue weighted by molar-refractivity contribution is -0.136. The highest BCUT2D eigenvalue weighted by Crippen LogP contribution is 2.34. The van der Waals surface area contributed by atoms with Crippen LogP contribution in [-0.2, 0) is 15.0 Å². The molecule has 1 atom stereocenters. The predicted octanol–water partition coefficient (Wildman–Crippen LogP) is 1.88. The molecule has 1 aliphatic rings. The highest BCUT2D eigenvalue weighted by Gasteiger charge is 2.33. The molecule has 0 aliphatic heterocycles. The molecule has 1 aromatic rings. The highest BCUT2D eigenvalue weighted by molar-refractivity contribution is 6.39. The fourth-order valence-electron chi connectivity index (χ4n) is 2.75. The summed E-state index contributed by atoms with van der Waals surface area (Å²) in [5.74, 6) is -0.705. The Balaban J connectivity index is 1.88. The van der Waals surface area contributed by atoms with Crippen molar-refractivity contribution in [2.75, 3.05) is 26.0 Å². The van der Waals surface area contributed by atoms with Gasteiger partial charge in [0.15, 0.2) is 0 Å². The molecule has 2 N–H and O–H groups in total. The van der Waals surface area contributed by atoms with Crippen molar-refractivity contribution in [1.29, 1.82) is 5.26 Å². The van der Waals surface area contributed by atoms with Crippen LogP contribution in [0.3, 0.4) is 0 Å². The first-order valence-corrected chi connectivity index (χ1v) is 8.52. The second-order valence-corrected chi connectivity index (χ2v) is 7.35. The summed E-state index contributed by atoms with van der Waals surface area (Å²) in [6.07, 6.45) is 2.35. The Kier molecular flexibility index (Phi) is 5.81. The van der Waals surface area contributed by atoms with E-state index < -0.39 is 17.2 Å². The van der Waals surface area contributed by atoms with E-state index in [0.29, 0.717) is 18.2 Å². The molecule has 1 saturated carbocycles. The summed E-state index contributed by atoms with van der Waals surface area (Å²) >= 11 is 0. The molecule has 2 amide bonds. The zero-order valence-corrected chi connectivity index (χ0v) is 15.3. The van der Waals surface area contributed by atoms with Crippen molar-refractivity contribution in [3.05, 3.63) is 29.8 Å². The summed E-state index contributed by atoms with van der Waals surface area (Å²) in [5.41, 5.74) is 0.795. The Hall–Kier alpha value is -2.39. The smallest absolute Gasteiger partial charge is 0.313 e. The van der Waals surface area contributed by atoms with E-state index in [1.54, 1.807) is 24.3 Å². The molecule has 0 unspecified atom stereocenters. The van der Waals surface area contributed by atoms with Gasteiger partial charge in [-0.2, -0.15) is 5.26 Å². The Labute approximate surface area is 149 Å². The lowest BCUT2D eigenvalue weighted by Crippen LogP contribution is -2.45. The molecular weight excluding hydrogens is 316 g/mol. The van der Waals surface area contributed by atoms with Crippen LogP contribution in [0.4, 0.5) is 5.69 Å². The van der Waals surface area contributed by atoms with Crippen LogP contribution in [0, 0.1) is 17.2 Å². The van der Waals surface area contributed by atoms with Crippen molar-refractivity contribution in [3.8, 4) is 6.07 Å². The quantitative estimate of drug-likeness (QED) is 0.773. The second-order valence-electron chi connectivity index (χ2n) is 7.35. The highest BCUT2D eigenvalue weighted by atomic mass is 16.2. The average Bonchev–Trinajstić information content (AvgIpc) is 3.40. The van der Waals surface area contributed by atoms with Crippen LogP contribution in [0.1, 0.15) is 32.3 Å². The number of anilines is 1. The van der Waals surface area contributed by atoms with Crippen molar-refractivity contribution in [3.63, 3.8) is 0 Å². The molecule has 1 aliphatic carbocycles. The first-order valence-electron chi connectivity index (χ1n) is 8.52. The third-order valence-electron chi connectivity index (χ3n) is 4.65. The zero-order chi connectivity index (χ0) is 18.6. The number of hydrogen-bond acceptors (Lipinski definition) is 4. The number of rotatable bonds is 6. The van der Waals surface area contributed by atoms with Crippen LogP contribution in [0.15, 0.2) is 24.3 Å². The Bertz CT molecular complexity index is 668. The third-order valence-corrected chi connectivity index (χ3v) is 4.65. The summed E-state index contributed by atoms with van der Waals surface area (Å²) in [6, 6.07) is 9.47. The van der Waals surface area contributed by atoms with E-state index in [4.69, 9.17) is 5.26 Å². The molecule has 0 bridgehead atoms. The molecule has 6 heteroatoms. The number of likely N-dealkylation sites (N-methyl/N-ethyl adjacent to an activating group) is 1. The molecule has 134 valence electrons. The summed E-state index contributed by atoms with van der Waals surface area (Å²) < 4.78 is 0. The van der Waals surface area contributed by atoms with E-state index in [9.17, 15) is 9.59 Å². The van der Waals surface area contributed by atoms with Crippen LogP contribution >= 0.6 is 0 Å². The molecule has 1 aromatic carbocycles. The van der Waals surface area contributed by atoms with Crippen LogP contribution in [0.25, 0.3) is 0 Å². The predicted molar refractivity (Wildman–Crippen MR) is 96.9 cm³/mol. The molecule has 0 radical (unpaired) electrons. The monoisotopic (exact) mass is 342 g/mol. The van der Waals surface area contributed by atoms with Crippen LogP contribution in [0.2, 0.25) is 0 Å². The van der Waals surface area contributed by atoms with E-state index in [-0.39, 0.29) is 6.04 Å². The summed E-state index contributed by atoms with van der Waals surface area (Å²) in [5, 5.41) is 14.4. The van der Waals surface area contributed by atoms with Gasteiger partial charge in [-0.3, -0.25) is 9.59 Å². The van der Waals surface area contributed by atoms with Crippen molar-refractivity contribution < 1.29 is 9.59 Å². The van der Waals surface area contributed by atoms with Gasteiger partial charge in [0.25, 0.3) is 0 Å². The Morgan fingerprint density at radius 2 is 1.84 bits per heavy atom. The molecule has 0 heterocycles. The number of carbonyl (C=O) groups excluding carboxylic acids is 2. The Morgan fingerprint density at radius 3 is 2.32 bits per heavy atom. The van der Waals surface area contributed by atoms with E-state index in [0.717, 1.165) is 5.56 Å². The van der Waals surface area contributed by atoms with Gasteiger partial charge < -0.3 is 15.5 Å². The SMILES string of the molecule is CN(C)[C@@H](CNC(=O)C(=O)Nc1ccc(C(C)(C)C#N)cc1)C1CC1. The number of benzene rings is 1. The van der Waals surface area contributed by atoms with Crippen molar-refractivity contribution >= 4 is 17.5 Å². The first-order chi connectivity index (χ1) is 11.7. The van der Waals surface area contributed by atoms with Gasteiger partial charge in [0.1, 0.15) is 0 Å². The van der Waals surface area contributed by atoms with E-state index in [2.05, 4.69) is 21.6 Å². The fourth-order valence-corrected chi connectivity index (χ4v) is 2.75. The van der Waals surface area contributed by atoms with Crippen LogP contribution in [-0.4, -0.2) is 43.4 Å². The van der Waals surface area contributed by atoms with Gasteiger partial charge >= 0.3 is 11.8 Å². The van der Waals surface area contributed by atoms with Crippen molar-refractivity contribution in [2.45, 2.75) is 38.1 Å². The van der Waals surface area contributed by atoms with E-state index >= 15 is 0 Å². The number of amides is 2.